The number of amides is 1. The Bertz CT molecular complexity index is 925. The Morgan fingerprint density at radius 3 is 2.80 bits per heavy atom. The molecule has 0 radical (unpaired) electrons. The second kappa shape index (κ2) is 6.26. The highest BCUT2D eigenvalue weighted by atomic mass is 19.4. The van der Waals surface area contributed by atoms with Crippen LogP contribution in [0.15, 0.2) is 36.7 Å². The van der Waals surface area contributed by atoms with E-state index in [1.807, 2.05) is 0 Å². The number of ether oxygens (including phenoxy) is 2. The first-order valence-electron chi connectivity index (χ1n) is 6.80. The quantitative estimate of drug-likeness (QED) is 0.752. The number of rotatable bonds is 5. The van der Waals surface area contributed by atoms with E-state index >= 15 is 0 Å². The maximum atomic E-state index is 12.3. The molecule has 25 heavy (non-hydrogen) atoms. The van der Waals surface area contributed by atoms with Gasteiger partial charge in [0.15, 0.2) is 18.0 Å². The summed E-state index contributed by atoms with van der Waals surface area (Å²) < 4.78 is 48.3. The highest BCUT2D eigenvalue weighted by molar-refractivity contribution is 5.89. The van der Waals surface area contributed by atoms with E-state index in [0.717, 1.165) is 0 Å². The number of nitrogens with zero attached hydrogens (tertiary/aromatic N) is 4. The highest BCUT2D eigenvalue weighted by Crippen LogP contribution is 2.30. The van der Waals surface area contributed by atoms with E-state index in [-0.39, 0.29) is 23.2 Å². The van der Waals surface area contributed by atoms with Crippen LogP contribution in [-0.4, -0.2) is 38.3 Å². The Hall–Kier alpha value is -3.37. The molecule has 3 aromatic rings. The summed E-state index contributed by atoms with van der Waals surface area (Å²) in [6.45, 7) is -1.47. The molecular weight excluding hydrogens is 343 g/mol. The maximum absolute atomic E-state index is 12.3. The average Bonchev–Trinajstić information content (AvgIpc) is 2.97. The minimum Gasteiger partial charge on any atom is -0.478 e. The third-order valence-corrected chi connectivity index (χ3v) is 2.87. The molecule has 1 amide bonds. The Balaban J connectivity index is 1.84. The van der Waals surface area contributed by atoms with Crippen molar-refractivity contribution in [3.05, 3.63) is 42.5 Å². The largest absolute Gasteiger partial charge is 0.478 e. The lowest BCUT2D eigenvalue weighted by atomic mass is 10.4. The van der Waals surface area contributed by atoms with Gasteiger partial charge in [-0.25, -0.2) is 14.5 Å². The Morgan fingerprint density at radius 1 is 1.28 bits per heavy atom. The van der Waals surface area contributed by atoms with Crippen LogP contribution in [0.4, 0.5) is 13.2 Å². The van der Waals surface area contributed by atoms with E-state index in [1.165, 1.54) is 41.2 Å². The summed E-state index contributed by atoms with van der Waals surface area (Å²) in [5.74, 6) is -1.09. The molecule has 8 nitrogen and oxygen atoms in total. The molecule has 0 aliphatic rings. The zero-order valence-corrected chi connectivity index (χ0v) is 12.4. The van der Waals surface area contributed by atoms with Crippen LogP contribution in [-0.2, 0) is 0 Å². The van der Waals surface area contributed by atoms with Gasteiger partial charge in [-0.05, 0) is 24.3 Å². The summed E-state index contributed by atoms with van der Waals surface area (Å²) >= 11 is 0. The smallest absolute Gasteiger partial charge is 0.422 e. The van der Waals surface area contributed by atoms with Crippen molar-refractivity contribution in [2.45, 2.75) is 6.18 Å². The van der Waals surface area contributed by atoms with Crippen LogP contribution in [0.25, 0.3) is 5.65 Å². The molecule has 3 aromatic heterocycles. The van der Waals surface area contributed by atoms with Gasteiger partial charge >= 0.3 is 6.18 Å². The lowest BCUT2D eigenvalue weighted by Gasteiger charge is -2.12. The van der Waals surface area contributed by atoms with Gasteiger partial charge in [-0.2, -0.15) is 13.2 Å². The van der Waals surface area contributed by atoms with Gasteiger partial charge in [-0.3, -0.25) is 4.79 Å². The topological polar surface area (TPSA) is 105 Å². The Morgan fingerprint density at radius 2 is 2.08 bits per heavy atom. The first-order chi connectivity index (χ1) is 11.8. The Labute approximate surface area is 138 Å². The fourth-order valence-corrected chi connectivity index (χ4v) is 1.86. The van der Waals surface area contributed by atoms with Crippen molar-refractivity contribution >= 4 is 11.6 Å². The van der Waals surface area contributed by atoms with E-state index in [1.54, 1.807) is 0 Å². The van der Waals surface area contributed by atoms with Gasteiger partial charge in [0, 0.05) is 6.20 Å². The predicted octanol–water partition coefficient (Wildman–Crippen LogP) is 1.96. The van der Waals surface area contributed by atoms with Crippen molar-refractivity contribution in [1.82, 2.24) is 19.6 Å². The molecule has 0 atom stereocenters. The lowest BCUT2D eigenvalue weighted by Crippen LogP contribution is -2.19. The number of hydrogen-bond acceptors (Lipinski definition) is 6. The van der Waals surface area contributed by atoms with Gasteiger partial charge in [-0.15, -0.1) is 5.10 Å². The van der Waals surface area contributed by atoms with E-state index < -0.39 is 18.7 Å². The minimum atomic E-state index is -4.49. The second-order valence-corrected chi connectivity index (χ2v) is 4.78. The van der Waals surface area contributed by atoms with Crippen molar-refractivity contribution < 1.29 is 27.4 Å². The first-order valence-corrected chi connectivity index (χ1v) is 6.80. The number of nitrogens with two attached hydrogens (primary N) is 1. The summed E-state index contributed by atoms with van der Waals surface area (Å²) in [6, 6.07) is 5.69. The molecule has 0 unspecified atom stereocenters. The molecule has 3 heterocycles. The summed E-state index contributed by atoms with van der Waals surface area (Å²) in [7, 11) is 0. The average molecular weight is 353 g/mol. The third kappa shape index (κ3) is 3.94. The fraction of sp³-hybridized carbons (Fsp3) is 0.143. The number of aromatic nitrogens is 4. The number of hydrogen-bond donors (Lipinski definition) is 1. The summed E-state index contributed by atoms with van der Waals surface area (Å²) in [5, 5.41) is 3.86. The first kappa shape index (κ1) is 16.5. The minimum absolute atomic E-state index is 0.152. The predicted molar refractivity (Wildman–Crippen MR) is 77.4 cm³/mol. The second-order valence-electron chi connectivity index (χ2n) is 4.78. The van der Waals surface area contributed by atoms with Crippen LogP contribution in [0, 0.1) is 0 Å². The van der Waals surface area contributed by atoms with E-state index in [4.69, 9.17) is 10.5 Å². The van der Waals surface area contributed by atoms with E-state index in [0.29, 0.717) is 5.65 Å². The summed E-state index contributed by atoms with van der Waals surface area (Å²) in [4.78, 5) is 18.8. The molecule has 0 spiro atoms. The number of carbonyl (C=O) groups is 1. The van der Waals surface area contributed by atoms with Crippen LogP contribution in [0.2, 0.25) is 0 Å². The molecule has 130 valence electrons. The number of carbonyl (C=O) groups excluding carboxylic acids is 1. The molecule has 3 rings (SSSR count). The van der Waals surface area contributed by atoms with Crippen LogP contribution in [0.1, 0.15) is 10.6 Å². The normalized spacial score (nSPS) is 11.5. The molecule has 0 saturated carbocycles. The van der Waals surface area contributed by atoms with Crippen LogP contribution in [0.3, 0.4) is 0 Å². The lowest BCUT2D eigenvalue weighted by molar-refractivity contribution is -0.153. The number of fused-ring (bicyclic) bond motifs is 1. The van der Waals surface area contributed by atoms with Gasteiger partial charge in [0.25, 0.3) is 11.8 Å². The van der Waals surface area contributed by atoms with Gasteiger partial charge in [0.05, 0.1) is 6.20 Å². The number of primary amides is 1. The SMILES string of the molecule is NC(=O)c1nc2ccc(Oc3ncccc3OCC(F)(F)F)cn2n1. The molecule has 2 N–H and O–H groups in total. The monoisotopic (exact) mass is 353 g/mol. The van der Waals surface area contributed by atoms with Crippen LogP contribution in [0.5, 0.6) is 17.4 Å². The standard InChI is InChI=1S/C14H10F3N5O3/c15-14(16,17)7-24-9-2-1-5-19-13(9)25-8-3-4-10-20-12(11(18)23)21-22(10)6-8/h1-6H,7H2,(H2,18,23). The van der Waals surface area contributed by atoms with Crippen molar-refractivity contribution in [2.24, 2.45) is 5.73 Å². The Kier molecular flexibility index (Phi) is 4.13. The fourth-order valence-electron chi connectivity index (χ4n) is 1.86. The van der Waals surface area contributed by atoms with Crippen molar-refractivity contribution in [1.29, 1.82) is 0 Å². The van der Waals surface area contributed by atoms with E-state index in [9.17, 15) is 18.0 Å². The zero-order chi connectivity index (χ0) is 18.0. The molecule has 0 aliphatic carbocycles. The van der Waals surface area contributed by atoms with Gasteiger partial charge in [0.2, 0.25) is 5.82 Å². The number of alkyl halides is 3. The van der Waals surface area contributed by atoms with Gasteiger partial charge < -0.3 is 15.2 Å². The maximum Gasteiger partial charge on any atom is 0.422 e. The molecule has 11 heteroatoms. The number of pyridine rings is 2. The molecular formula is C14H10F3N5O3. The molecule has 0 saturated heterocycles. The van der Waals surface area contributed by atoms with Crippen LogP contribution < -0.4 is 15.2 Å². The van der Waals surface area contributed by atoms with Crippen LogP contribution >= 0.6 is 0 Å². The number of halogens is 3. The van der Waals surface area contributed by atoms with Crippen molar-refractivity contribution in [3.8, 4) is 17.4 Å². The molecule has 0 aromatic carbocycles. The summed E-state index contributed by atoms with van der Waals surface area (Å²) in [6.07, 6.45) is -1.77. The van der Waals surface area contributed by atoms with Crippen molar-refractivity contribution in [2.75, 3.05) is 6.61 Å². The summed E-state index contributed by atoms with van der Waals surface area (Å²) in [5.41, 5.74) is 5.44. The van der Waals surface area contributed by atoms with E-state index in [2.05, 4.69) is 19.8 Å². The molecule has 0 bridgehead atoms. The van der Waals surface area contributed by atoms with Gasteiger partial charge in [0.1, 0.15) is 5.75 Å². The molecule has 0 fully saturated rings. The molecule has 0 aliphatic heterocycles. The van der Waals surface area contributed by atoms with Gasteiger partial charge in [-0.1, -0.05) is 0 Å². The zero-order valence-electron chi connectivity index (χ0n) is 12.4. The van der Waals surface area contributed by atoms with Crippen molar-refractivity contribution in [3.63, 3.8) is 0 Å². The third-order valence-electron chi connectivity index (χ3n) is 2.87. The highest BCUT2D eigenvalue weighted by Gasteiger charge is 2.29.